The summed E-state index contributed by atoms with van der Waals surface area (Å²) in [6, 6.07) is 0. The monoisotopic (exact) mass is 157 g/mol. The second-order valence-electron chi connectivity index (χ2n) is 3.87. The molecule has 0 saturated heterocycles. The van der Waals surface area contributed by atoms with E-state index in [9.17, 15) is 10.2 Å². The Balaban J connectivity index is 2.10. The Morgan fingerprint density at radius 2 is 1.91 bits per heavy atom. The summed E-state index contributed by atoms with van der Waals surface area (Å²) >= 11 is 0. The summed E-state index contributed by atoms with van der Waals surface area (Å²) in [7, 11) is 0. The molecule has 4 N–H and O–H groups in total. The average Bonchev–Trinajstić information content (AvgIpc) is 2.53. The molecule has 0 radical (unpaired) electrons. The fourth-order valence-electron chi connectivity index (χ4n) is 2.70. The highest BCUT2D eigenvalue weighted by Crippen LogP contribution is 2.47. The van der Waals surface area contributed by atoms with E-state index in [1.807, 2.05) is 0 Å². The Kier molecular flexibility index (Phi) is 1.67. The van der Waals surface area contributed by atoms with E-state index in [1.165, 1.54) is 0 Å². The number of aliphatic hydroxyl groups is 2. The molecule has 11 heavy (non-hydrogen) atoms. The van der Waals surface area contributed by atoms with Gasteiger partial charge in [0.25, 0.3) is 0 Å². The molecule has 3 heteroatoms. The summed E-state index contributed by atoms with van der Waals surface area (Å²) in [6.45, 7) is 0.658. The average molecular weight is 157 g/mol. The van der Waals surface area contributed by atoms with Crippen LogP contribution in [0.25, 0.3) is 0 Å². The van der Waals surface area contributed by atoms with Crippen LogP contribution in [0.3, 0.4) is 0 Å². The Hall–Kier alpha value is -0.120. The van der Waals surface area contributed by atoms with Crippen LogP contribution in [0.1, 0.15) is 12.8 Å². The quantitative estimate of drug-likeness (QED) is 0.472. The van der Waals surface area contributed by atoms with E-state index >= 15 is 0 Å². The van der Waals surface area contributed by atoms with Crippen molar-refractivity contribution in [2.45, 2.75) is 25.0 Å². The molecule has 0 heterocycles. The van der Waals surface area contributed by atoms with Crippen molar-refractivity contribution in [1.29, 1.82) is 0 Å². The maximum absolute atomic E-state index is 9.48. The van der Waals surface area contributed by atoms with Gasteiger partial charge in [-0.25, -0.2) is 0 Å². The van der Waals surface area contributed by atoms with Gasteiger partial charge in [0, 0.05) is 0 Å². The molecule has 2 bridgehead atoms. The van der Waals surface area contributed by atoms with Crippen LogP contribution in [0, 0.1) is 17.8 Å². The van der Waals surface area contributed by atoms with E-state index in [-0.39, 0.29) is 5.92 Å². The minimum atomic E-state index is -0.498. The van der Waals surface area contributed by atoms with E-state index in [0.29, 0.717) is 18.4 Å². The topological polar surface area (TPSA) is 66.5 Å². The smallest absolute Gasteiger partial charge is 0.0833 e. The van der Waals surface area contributed by atoms with Gasteiger partial charge in [-0.3, -0.25) is 0 Å². The molecule has 2 aliphatic carbocycles. The van der Waals surface area contributed by atoms with Crippen LogP contribution in [0.4, 0.5) is 0 Å². The molecule has 0 aromatic carbocycles. The summed E-state index contributed by atoms with van der Waals surface area (Å²) in [6.07, 6.45) is 1.02. The van der Waals surface area contributed by atoms with Gasteiger partial charge in [0.2, 0.25) is 0 Å². The van der Waals surface area contributed by atoms with Crippen molar-refractivity contribution in [3.05, 3.63) is 0 Å². The normalized spacial score (nSPS) is 55.4. The molecule has 3 nitrogen and oxygen atoms in total. The Bertz CT molecular complexity index is 156. The largest absolute Gasteiger partial charge is 0.390 e. The van der Waals surface area contributed by atoms with E-state index in [0.717, 1.165) is 12.8 Å². The third-order valence-corrected chi connectivity index (χ3v) is 3.36. The van der Waals surface area contributed by atoms with Crippen molar-refractivity contribution in [3.63, 3.8) is 0 Å². The van der Waals surface area contributed by atoms with Crippen molar-refractivity contribution in [2.24, 2.45) is 23.5 Å². The molecule has 2 fully saturated rings. The number of nitrogens with two attached hydrogens (primary N) is 1. The molecule has 64 valence electrons. The molecule has 2 saturated carbocycles. The van der Waals surface area contributed by atoms with Crippen LogP contribution < -0.4 is 5.73 Å². The first-order valence-electron chi connectivity index (χ1n) is 4.30. The third kappa shape index (κ3) is 0.916. The Morgan fingerprint density at radius 3 is 2.36 bits per heavy atom. The summed E-state index contributed by atoms with van der Waals surface area (Å²) in [5.74, 6) is 1.06. The number of hydrogen-bond donors (Lipinski definition) is 3. The molecule has 0 amide bonds. The van der Waals surface area contributed by atoms with Gasteiger partial charge >= 0.3 is 0 Å². The molecule has 0 aliphatic heterocycles. The highest BCUT2D eigenvalue weighted by atomic mass is 16.3. The van der Waals surface area contributed by atoms with Crippen molar-refractivity contribution in [2.75, 3.05) is 6.54 Å². The van der Waals surface area contributed by atoms with Crippen molar-refractivity contribution in [1.82, 2.24) is 0 Å². The van der Waals surface area contributed by atoms with Gasteiger partial charge < -0.3 is 15.9 Å². The van der Waals surface area contributed by atoms with Crippen molar-refractivity contribution >= 4 is 0 Å². The van der Waals surface area contributed by atoms with Crippen LogP contribution in [-0.4, -0.2) is 29.0 Å². The van der Waals surface area contributed by atoms with Gasteiger partial charge in [0.1, 0.15) is 0 Å². The van der Waals surface area contributed by atoms with Gasteiger partial charge in [0.05, 0.1) is 12.2 Å². The van der Waals surface area contributed by atoms with Crippen LogP contribution in [0.2, 0.25) is 0 Å². The highest BCUT2D eigenvalue weighted by Gasteiger charge is 2.50. The van der Waals surface area contributed by atoms with Gasteiger partial charge in [-0.2, -0.15) is 0 Å². The third-order valence-electron chi connectivity index (χ3n) is 3.36. The van der Waals surface area contributed by atoms with E-state index in [2.05, 4.69) is 0 Å². The molecule has 5 atom stereocenters. The Morgan fingerprint density at radius 1 is 1.18 bits per heavy atom. The number of rotatable bonds is 1. The summed E-state index contributed by atoms with van der Waals surface area (Å²) in [5, 5.41) is 18.9. The van der Waals surface area contributed by atoms with Crippen LogP contribution in [0.15, 0.2) is 0 Å². The number of aliphatic hydroxyl groups excluding tert-OH is 2. The summed E-state index contributed by atoms with van der Waals surface area (Å²) in [5.41, 5.74) is 5.54. The lowest BCUT2D eigenvalue weighted by atomic mass is 9.85. The molecule has 2 rings (SSSR count). The van der Waals surface area contributed by atoms with Crippen LogP contribution >= 0.6 is 0 Å². The lowest BCUT2D eigenvalue weighted by Crippen LogP contribution is -2.38. The SMILES string of the molecule is NC[C@@H]1C[C@H]2C[C@@H]1[C@H](O)[C@@H]2O. The van der Waals surface area contributed by atoms with E-state index in [1.54, 1.807) is 0 Å². The lowest BCUT2D eigenvalue weighted by molar-refractivity contribution is -0.0322. The first-order chi connectivity index (χ1) is 5.24. The van der Waals surface area contributed by atoms with Gasteiger partial charge in [0.15, 0.2) is 0 Å². The zero-order valence-corrected chi connectivity index (χ0v) is 6.48. The molecule has 0 unspecified atom stereocenters. The zero-order chi connectivity index (χ0) is 8.01. The zero-order valence-electron chi connectivity index (χ0n) is 6.48. The minimum Gasteiger partial charge on any atom is -0.390 e. The molecular weight excluding hydrogens is 142 g/mol. The lowest BCUT2D eigenvalue weighted by Gasteiger charge is -2.28. The fraction of sp³-hybridized carbons (Fsp3) is 1.00. The van der Waals surface area contributed by atoms with Gasteiger partial charge in [-0.1, -0.05) is 0 Å². The van der Waals surface area contributed by atoms with E-state index in [4.69, 9.17) is 5.73 Å². The maximum atomic E-state index is 9.48. The number of hydrogen-bond acceptors (Lipinski definition) is 3. The molecule has 2 aliphatic rings. The molecule has 0 aromatic heterocycles. The first-order valence-corrected chi connectivity index (χ1v) is 4.30. The fourth-order valence-corrected chi connectivity index (χ4v) is 2.70. The summed E-state index contributed by atoms with van der Waals surface area (Å²) < 4.78 is 0. The highest BCUT2D eigenvalue weighted by molar-refractivity contribution is 5.01. The van der Waals surface area contributed by atoms with Crippen LogP contribution in [0.5, 0.6) is 0 Å². The van der Waals surface area contributed by atoms with E-state index < -0.39 is 12.2 Å². The standard InChI is InChI=1S/C8H15NO2/c9-3-5-1-4-2-6(5)8(11)7(4)10/h4-8,10-11H,1-3,9H2/t4-,5-,6-,7+,8-/m0/s1. The molecule has 0 spiro atoms. The van der Waals surface area contributed by atoms with Gasteiger partial charge in [-0.05, 0) is 37.1 Å². The van der Waals surface area contributed by atoms with Crippen molar-refractivity contribution in [3.8, 4) is 0 Å². The van der Waals surface area contributed by atoms with Crippen molar-refractivity contribution < 1.29 is 10.2 Å². The molecule has 0 aromatic rings. The second kappa shape index (κ2) is 2.44. The summed E-state index contributed by atoms with van der Waals surface area (Å²) in [4.78, 5) is 0. The Labute approximate surface area is 66.2 Å². The predicted octanol–water partition coefficient (Wildman–Crippen LogP) is -0.677. The minimum absolute atomic E-state index is 0.278. The van der Waals surface area contributed by atoms with Crippen LogP contribution in [-0.2, 0) is 0 Å². The second-order valence-corrected chi connectivity index (χ2v) is 3.87. The molecular formula is C8H15NO2. The predicted molar refractivity (Wildman–Crippen MR) is 40.8 cm³/mol. The maximum Gasteiger partial charge on any atom is 0.0833 e. The number of fused-ring (bicyclic) bond motifs is 2. The van der Waals surface area contributed by atoms with Gasteiger partial charge in [-0.15, -0.1) is 0 Å². The first kappa shape index (κ1) is 7.53.